The van der Waals surface area contributed by atoms with E-state index in [4.69, 9.17) is 0 Å². The number of hydrogen-bond donors (Lipinski definition) is 2. The molecule has 0 spiro atoms. The second-order valence-electron chi connectivity index (χ2n) is 5.71. The fraction of sp³-hybridized carbons (Fsp3) is 0.111. The van der Waals surface area contributed by atoms with Gasteiger partial charge >= 0.3 is 0 Å². The number of nitrogens with zero attached hydrogens (tertiary/aromatic N) is 4. The maximum absolute atomic E-state index is 12.2. The van der Waals surface area contributed by atoms with Crippen LogP contribution in [0.1, 0.15) is 12.0 Å². The Morgan fingerprint density at radius 1 is 1.12 bits per heavy atom. The van der Waals surface area contributed by atoms with Crippen LogP contribution in [0.5, 0.6) is 0 Å². The van der Waals surface area contributed by atoms with Gasteiger partial charge < -0.3 is 10.3 Å². The van der Waals surface area contributed by atoms with Crippen LogP contribution in [0.3, 0.4) is 0 Å². The first-order valence-corrected chi connectivity index (χ1v) is 7.98. The normalized spacial score (nSPS) is 10.9. The molecule has 7 heteroatoms. The molecule has 2 N–H and O–H groups in total. The summed E-state index contributed by atoms with van der Waals surface area (Å²) < 4.78 is 1.56. The van der Waals surface area contributed by atoms with Gasteiger partial charge in [0.05, 0.1) is 5.69 Å². The number of aromatic nitrogens is 5. The summed E-state index contributed by atoms with van der Waals surface area (Å²) in [5.41, 5.74) is 3.83. The Morgan fingerprint density at radius 2 is 1.96 bits per heavy atom. The summed E-state index contributed by atoms with van der Waals surface area (Å²) >= 11 is 0. The molecule has 0 aliphatic rings. The number of aromatic amines is 1. The Morgan fingerprint density at radius 3 is 2.76 bits per heavy atom. The molecule has 0 atom stereocenters. The molecule has 124 valence electrons. The summed E-state index contributed by atoms with van der Waals surface area (Å²) in [6.45, 7) is 0. The average Bonchev–Trinajstić information content (AvgIpc) is 3.31. The summed E-state index contributed by atoms with van der Waals surface area (Å²) in [7, 11) is 0. The summed E-state index contributed by atoms with van der Waals surface area (Å²) in [4.78, 5) is 15.4. The molecular formula is C18H16N6O. The first kappa shape index (κ1) is 15.1. The number of anilines is 1. The van der Waals surface area contributed by atoms with Crippen molar-refractivity contribution >= 4 is 22.5 Å². The lowest BCUT2D eigenvalue weighted by Crippen LogP contribution is -2.12. The molecule has 4 aromatic rings. The van der Waals surface area contributed by atoms with E-state index in [0.717, 1.165) is 22.5 Å². The van der Waals surface area contributed by atoms with Gasteiger partial charge in [-0.2, -0.15) is 0 Å². The number of aryl methyl sites for hydroxylation is 1. The molecule has 0 aliphatic heterocycles. The third-order valence-corrected chi connectivity index (χ3v) is 4.06. The van der Waals surface area contributed by atoms with Crippen LogP contribution in [-0.4, -0.2) is 31.1 Å². The van der Waals surface area contributed by atoms with Gasteiger partial charge in [0, 0.05) is 29.2 Å². The molecule has 1 amide bonds. The maximum Gasteiger partial charge on any atom is 0.224 e. The van der Waals surface area contributed by atoms with Gasteiger partial charge in [-0.15, -0.1) is 5.10 Å². The molecule has 0 bridgehead atoms. The van der Waals surface area contributed by atoms with E-state index in [9.17, 15) is 4.79 Å². The minimum Gasteiger partial charge on any atom is -0.361 e. The van der Waals surface area contributed by atoms with Crippen molar-refractivity contribution in [1.29, 1.82) is 0 Å². The van der Waals surface area contributed by atoms with Crippen LogP contribution in [0.15, 0.2) is 61.1 Å². The van der Waals surface area contributed by atoms with Crippen LogP contribution < -0.4 is 5.32 Å². The third-order valence-electron chi connectivity index (χ3n) is 4.06. The second kappa shape index (κ2) is 6.56. The number of amides is 1. The van der Waals surface area contributed by atoms with Crippen LogP contribution in [0.4, 0.5) is 5.69 Å². The molecule has 25 heavy (non-hydrogen) atoms. The van der Waals surface area contributed by atoms with E-state index in [1.54, 1.807) is 4.68 Å². The molecule has 0 unspecified atom stereocenters. The molecule has 2 aromatic heterocycles. The smallest absolute Gasteiger partial charge is 0.224 e. The van der Waals surface area contributed by atoms with E-state index in [1.165, 1.54) is 11.7 Å². The van der Waals surface area contributed by atoms with Crippen molar-refractivity contribution in [2.24, 2.45) is 0 Å². The second-order valence-corrected chi connectivity index (χ2v) is 5.71. The Bertz CT molecular complexity index is 988. The van der Waals surface area contributed by atoms with Crippen LogP contribution >= 0.6 is 0 Å². The zero-order valence-corrected chi connectivity index (χ0v) is 13.4. The summed E-state index contributed by atoms with van der Waals surface area (Å²) in [6, 6.07) is 15.5. The Labute approximate surface area is 143 Å². The number of benzene rings is 2. The number of para-hydroxylation sites is 1. The van der Waals surface area contributed by atoms with E-state index in [1.807, 2.05) is 48.7 Å². The standard InChI is InChI=1S/C18H16N6O/c25-18(10-5-13-11-19-17-4-2-1-3-16(13)17)21-14-6-8-15(9-7-14)24-12-20-22-23-24/h1-4,6-9,11-12,19H,5,10H2,(H,21,25). The molecular weight excluding hydrogens is 316 g/mol. The zero-order chi connectivity index (χ0) is 17.1. The van der Waals surface area contributed by atoms with Crippen molar-refractivity contribution < 1.29 is 4.79 Å². The maximum atomic E-state index is 12.2. The van der Waals surface area contributed by atoms with Crippen molar-refractivity contribution in [2.45, 2.75) is 12.8 Å². The van der Waals surface area contributed by atoms with Gasteiger partial charge in [-0.05, 0) is 52.7 Å². The fourth-order valence-corrected chi connectivity index (χ4v) is 2.79. The number of fused-ring (bicyclic) bond motifs is 1. The Kier molecular flexibility index (Phi) is 3.96. The van der Waals surface area contributed by atoms with Crippen molar-refractivity contribution in [3.8, 4) is 5.69 Å². The average molecular weight is 332 g/mol. The van der Waals surface area contributed by atoms with Crippen LogP contribution in [0.2, 0.25) is 0 Å². The van der Waals surface area contributed by atoms with Gasteiger partial charge in [0.1, 0.15) is 6.33 Å². The van der Waals surface area contributed by atoms with Gasteiger partial charge in [-0.3, -0.25) is 4.79 Å². The lowest BCUT2D eigenvalue weighted by atomic mass is 10.1. The van der Waals surface area contributed by atoms with Gasteiger partial charge in [0.25, 0.3) is 0 Å². The predicted molar refractivity (Wildman–Crippen MR) is 94.4 cm³/mol. The van der Waals surface area contributed by atoms with E-state index in [2.05, 4.69) is 31.9 Å². The molecule has 0 fully saturated rings. The third kappa shape index (κ3) is 3.25. The molecule has 0 radical (unpaired) electrons. The first-order chi connectivity index (χ1) is 12.3. The van der Waals surface area contributed by atoms with Crippen molar-refractivity contribution in [2.75, 3.05) is 5.32 Å². The van der Waals surface area contributed by atoms with Crippen molar-refractivity contribution in [3.05, 3.63) is 66.6 Å². The SMILES string of the molecule is O=C(CCc1c[nH]c2ccccc12)Nc1ccc(-n2cnnn2)cc1. The summed E-state index contributed by atoms with van der Waals surface area (Å²) in [5.74, 6) is -0.0135. The zero-order valence-electron chi connectivity index (χ0n) is 13.4. The van der Waals surface area contributed by atoms with E-state index >= 15 is 0 Å². The molecule has 0 saturated carbocycles. The highest BCUT2D eigenvalue weighted by Gasteiger charge is 2.07. The number of carbonyl (C=O) groups is 1. The quantitative estimate of drug-likeness (QED) is 0.588. The Hall–Kier alpha value is -3.48. The molecule has 0 saturated heterocycles. The van der Waals surface area contributed by atoms with Gasteiger partial charge in [-0.1, -0.05) is 18.2 Å². The minimum atomic E-state index is -0.0135. The molecule has 4 rings (SSSR count). The molecule has 7 nitrogen and oxygen atoms in total. The van der Waals surface area contributed by atoms with Crippen LogP contribution in [-0.2, 0) is 11.2 Å². The molecule has 0 aliphatic carbocycles. The number of hydrogen-bond acceptors (Lipinski definition) is 4. The van der Waals surface area contributed by atoms with E-state index in [-0.39, 0.29) is 5.91 Å². The number of nitrogens with one attached hydrogen (secondary N) is 2. The highest BCUT2D eigenvalue weighted by atomic mass is 16.1. The van der Waals surface area contributed by atoms with Crippen LogP contribution in [0, 0.1) is 0 Å². The molecule has 2 heterocycles. The first-order valence-electron chi connectivity index (χ1n) is 7.98. The minimum absolute atomic E-state index is 0.0135. The number of carbonyl (C=O) groups excluding carboxylic acids is 1. The monoisotopic (exact) mass is 332 g/mol. The number of tetrazole rings is 1. The van der Waals surface area contributed by atoms with Crippen molar-refractivity contribution in [3.63, 3.8) is 0 Å². The summed E-state index contributed by atoms with van der Waals surface area (Å²) in [6.07, 6.45) is 4.61. The predicted octanol–water partition coefficient (Wildman–Crippen LogP) is 2.71. The number of H-pyrrole nitrogens is 1. The Balaban J connectivity index is 1.37. The van der Waals surface area contributed by atoms with Gasteiger partial charge in [0.15, 0.2) is 0 Å². The fourth-order valence-electron chi connectivity index (χ4n) is 2.79. The lowest BCUT2D eigenvalue weighted by molar-refractivity contribution is -0.116. The van der Waals surface area contributed by atoms with E-state index < -0.39 is 0 Å². The molecule has 2 aromatic carbocycles. The highest BCUT2D eigenvalue weighted by Crippen LogP contribution is 2.19. The van der Waals surface area contributed by atoms with Crippen LogP contribution in [0.25, 0.3) is 16.6 Å². The number of rotatable bonds is 5. The largest absolute Gasteiger partial charge is 0.361 e. The highest BCUT2D eigenvalue weighted by molar-refractivity contribution is 5.91. The van der Waals surface area contributed by atoms with Gasteiger partial charge in [0.2, 0.25) is 5.91 Å². The van der Waals surface area contributed by atoms with Crippen molar-refractivity contribution in [1.82, 2.24) is 25.2 Å². The van der Waals surface area contributed by atoms with E-state index in [0.29, 0.717) is 12.8 Å². The van der Waals surface area contributed by atoms with Gasteiger partial charge in [-0.25, -0.2) is 4.68 Å². The summed E-state index contributed by atoms with van der Waals surface area (Å²) in [5, 5.41) is 15.1. The topological polar surface area (TPSA) is 88.5 Å². The lowest BCUT2D eigenvalue weighted by Gasteiger charge is -2.06.